The van der Waals surface area contributed by atoms with Crippen molar-refractivity contribution in [1.29, 1.82) is 0 Å². The number of hydrogen-bond acceptors (Lipinski definition) is 5. The van der Waals surface area contributed by atoms with Gasteiger partial charge in [-0.15, -0.1) is 0 Å². The lowest BCUT2D eigenvalue weighted by Gasteiger charge is -2.20. The van der Waals surface area contributed by atoms with Gasteiger partial charge in [-0.25, -0.2) is 0 Å². The van der Waals surface area contributed by atoms with Crippen LogP contribution in [-0.2, 0) is 28.0 Å². The van der Waals surface area contributed by atoms with Crippen molar-refractivity contribution < 1.29 is 21.8 Å². The van der Waals surface area contributed by atoms with E-state index in [1.807, 2.05) is 30.3 Å². The Balaban J connectivity index is 1.79. The Morgan fingerprint density at radius 1 is 1.03 bits per heavy atom. The fraction of sp³-hybridized carbons (Fsp3) is 0.136. The van der Waals surface area contributed by atoms with Crippen molar-refractivity contribution in [1.82, 2.24) is 4.90 Å². The summed E-state index contributed by atoms with van der Waals surface area (Å²) in [4.78, 5) is 14.4. The van der Waals surface area contributed by atoms with Crippen LogP contribution in [0, 0.1) is 0 Å². The molecule has 6 nitrogen and oxygen atoms in total. The van der Waals surface area contributed by atoms with Crippen LogP contribution in [0.3, 0.4) is 0 Å². The van der Waals surface area contributed by atoms with Crippen LogP contribution in [0.5, 0.6) is 5.75 Å². The predicted octanol–water partition coefficient (Wildman–Crippen LogP) is 3.86. The molecule has 1 heterocycles. The average molecular weight is 411 g/mol. The Hall–Kier alpha value is -3.32. The molecule has 29 heavy (non-hydrogen) atoms. The third-order valence-electron chi connectivity index (χ3n) is 3.98. The van der Waals surface area contributed by atoms with Crippen molar-refractivity contribution in [2.24, 2.45) is 0 Å². The van der Waals surface area contributed by atoms with Gasteiger partial charge in [-0.2, -0.15) is 8.42 Å². The number of amides is 1. The van der Waals surface area contributed by atoms with Gasteiger partial charge < -0.3 is 13.5 Å². The van der Waals surface area contributed by atoms with Crippen molar-refractivity contribution >= 4 is 22.1 Å². The maximum Gasteiger partial charge on any atom is 0.306 e. The molecule has 150 valence electrons. The molecular formula is C22H21NO5S. The number of carbonyl (C=O) groups excluding carboxylic acids is 1. The van der Waals surface area contributed by atoms with E-state index in [1.165, 1.54) is 6.08 Å². The molecule has 0 bridgehead atoms. The lowest BCUT2D eigenvalue weighted by molar-refractivity contribution is -0.127. The van der Waals surface area contributed by atoms with E-state index in [-0.39, 0.29) is 24.7 Å². The van der Waals surface area contributed by atoms with Crippen LogP contribution in [0.1, 0.15) is 16.9 Å². The zero-order valence-corrected chi connectivity index (χ0v) is 16.7. The highest BCUT2D eigenvalue weighted by Crippen LogP contribution is 2.18. The number of hydrogen-bond donors (Lipinski definition) is 0. The molecule has 0 saturated heterocycles. The Bertz CT molecular complexity index is 1070. The number of benzene rings is 2. The summed E-state index contributed by atoms with van der Waals surface area (Å²) in [5.74, 6) is 0.657. The van der Waals surface area contributed by atoms with Crippen LogP contribution in [0.2, 0.25) is 0 Å². The van der Waals surface area contributed by atoms with Gasteiger partial charge in [-0.05, 0) is 41.5 Å². The standard InChI is InChI=1S/C22H21NO5S/c1-29(25,26)28-20-10-5-9-19(15-20)16-23(17-21-11-6-14-27-21)22(24)13-12-18-7-3-2-4-8-18/h2-15H,16-17H2,1H3/b13-12+. The van der Waals surface area contributed by atoms with Crippen LogP contribution >= 0.6 is 0 Å². The largest absolute Gasteiger partial charge is 0.467 e. The molecule has 0 aliphatic heterocycles. The molecule has 0 aliphatic carbocycles. The molecule has 0 atom stereocenters. The molecule has 0 unspecified atom stereocenters. The number of furan rings is 1. The summed E-state index contributed by atoms with van der Waals surface area (Å²) >= 11 is 0. The van der Waals surface area contributed by atoms with Gasteiger partial charge in [0.25, 0.3) is 0 Å². The summed E-state index contributed by atoms with van der Waals surface area (Å²) in [6, 6.07) is 19.7. The highest BCUT2D eigenvalue weighted by atomic mass is 32.2. The third-order valence-corrected chi connectivity index (χ3v) is 4.47. The first-order valence-electron chi connectivity index (χ1n) is 8.92. The summed E-state index contributed by atoms with van der Waals surface area (Å²) < 4.78 is 33.0. The van der Waals surface area contributed by atoms with Crippen molar-refractivity contribution in [3.05, 3.63) is 96.0 Å². The van der Waals surface area contributed by atoms with Gasteiger partial charge in [0.1, 0.15) is 11.5 Å². The highest BCUT2D eigenvalue weighted by Gasteiger charge is 2.15. The Labute approximate surface area is 170 Å². The molecule has 0 fully saturated rings. The Kier molecular flexibility index (Phi) is 6.51. The second-order valence-electron chi connectivity index (χ2n) is 6.45. The lowest BCUT2D eigenvalue weighted by atomic mass is 10.2. The van der Waals surface area contributed by atoms with E-state index in [2.05, 4.69) is 0 Å². The van der Waals surface area contributed by atoms with Crippen molar-refractivity contribution in [2.75, 3.05) is 6.26 Å². The summed E-state index contributed by atoms with van der Waals surface area (Å²) in [5.41, 5.74) is 1.65. The van der Waals surface area contributed by atoms with Crippen molar-refractivity contribution in [3.8, 4) is 5.75 Å². The molecule has 1 amide bonds. The molecule has 1 aromatic heterocycles. The van der Waals surface area contributed by atoms with Gasteiger partial charge in [-0.1, -0.05) is 42.5 Å². The van der Waals surface area contributed by atoms with E-state index < -0.39 is 10.1 Å². The molecule has 0 radical (unpaired) electrons. The van der Waals surface area contributed by atoms with Gasteiger partial charge in [-0.3, -0.25) is 4.79 Å². The maximum absolute atomic E-state index is 12.8. The Morgan fingerprint density at radius 2 is 1.83 bits per heavy atom. The highest BCUT2D eigenvalue weighted by molar-refractivity contribution is 7.86. The first-order chi connectivity index (χ1) is 13.9. The predicted molar refractivity (Wildman–Crippen MR) is 110 cm³/mol. The second-order valence-corrected chi connectivity index (χ2v) is 8.03. The third kappa shape index (κ3) is 6.65. The average Bonchev–Trinajstić information content (AvgIpc) is 3.18. The van der Waals surface area contributed by atoms with Gasteiger partial charge in [0.05, 0.1) is 19.1 Å². The van der Waals surface area contributed by atoms with Crippen molar-refractivity contribution in [3.63, 3.8) is 0 Å². The fourth-order valence-corrected chi connectivity index (χ4v) is 3.18. The summed E-state index contributed by atoms with van der Waals surface area (Å²) in [6.45, 7) is 0.543. The molecule has 0 spiro atoms. The van der Waals surface area contributed by atoms with Crippen LogP contribution in [0.15, 0.2) is 83.5 Å². The van der Waals surface area contributed by atoms with Gasteiger partial charge in [0.2, 0.25) is 5.91 Å². The van der Waals surface area contributed by atoms with Gasteiger partial charge in [0.15, 0.2) is 0 Å². The topological polar surface area (TPSA) is 76.8 Å². The smallest absolute Gasteiger partial charge is 0.306 e. The summed E-state index contributed by atoms with van der Waals surface area (Å²) in [6.07, 6.45) is 5.80. The molecule has 0 aliphatic rings. The molecule has 3 rings (SSSR count). The number of nitrogens with zero attached hydrogens (tertiary/aromatic N) is 1. The normalized spacial score (nSPS) is 11.5. The molecule has 0 N–H and O–H groups in total. The van der Waals surface area contributed by atoms with Crippen LogP contribution in [0.4, 0.5) is 0 Å². The monoisotopic (exact) mass is 411 g/mol. The minimum Gasteiger partial charge on any atom is -0.467 e. The van der Waals surface area contributed by atoms with E-state index in [9.17, 15) is 13.2 Å². The molecule has 3 aromatic rings. The second kappa shape index (κ2) is 9.25. The van der Waals surface area contributed by atoms with E-state index in [0.717, 1.165) is 17.4 Å². The quantitative estimate of drug-likeness (QED) is 0.416. The molecule has 0 saturated carbocycles. The zero-order chi connectivity index (χ0) is 20.7. The first-order valence-corrected chi connectivity index (χ1v) is 10.7. The van der Waals surface area contributed by atoms with E-state index in [4.69, 9.17) is 8.60 Å². The van der Waals surface area contributed by atoms with Crippen LogP contribution in [-0.4, -0.2) is 25.5 Å². The fourth-order valence-electron chi connectivity index (χ4n) is 2.73. The van der Waals surface area contributed by atoms with Crippen LogP contribution < -0.4 is 4.18 Å². The SMILES string of the molecule is CS(=O)(=O)Oc1cccc(CN(Cc2ccco2)C(=O)/C=C/c2ccccc2)c1. The number of carbonyl (C=O) groups is 1. The Morgan fingerprint density at radius 3 is 2.52 bits per heavy atom. The minimum absolute atomic E-state index is 0.195. The van der Waals surface area contributed by atoms with Gasteiger partial charge >= 0.3 is 10.1 Å². The summed E-state index contributed by atoms with van der Waals surface area (Å²) in [7, 11) is -3.63. The number of rotatable bonds is 8. The zero-order valence-electron chi connectivity index (χ0n) is 15.9. The lowest BCUT2D eigenvalue weighted by Crippen LogP contribution is -2.28. The molecular weight excluding hydrogens is 390 g/mol. The van der Waals surface area contributed by atoms with Crippen LogP contribution in [0.25, 0.3) is 6.08 Å². The van der Waals surface area contributed by atoms with Gasteiger partial charge in [0, 0.05) is 12.6 Å². The van der Waals surface area contributed by atoms with E-state index >= 15 is 0 Å². The van der Waals surface area contributed by atoms with E-state index in [0.29, 0.717) is 5.76 Å². The molecule has 7 heteroatoms. The maximum atomic E-state index is 12.8. The van der Waals surface area contributed by atoms with E-state index in [1.54, 1.807) is 53.6 Å². The first kappa shape index (κ1) is 20.4. The molecule has 2 aromatic carbocycles. The van der Waals surface area contributed by atoms with Crippen molar-refractivity contribution in [2.45, 2.75) is 13.1 Å². The minimum atomic E-state index is -3.63. The summed E-state index contributed by atoms with van der Waals surface area (Å²) in [5, 5.41) is 0.